The monoisotopic (exact) mass is 248 g/mol. The van der Waals surface area contributed by atoms with Crippen molar-refractivity contribution >= 4 is 0 Å². The third-order valence-corrected chi connectivity index (χ3v) is 3.51. The lowest BCUT2D eigenvalue weighted by atomic mass is 9.97. The Bertz CT molecular complexity index is 330. The molecule has 0 aromatic heterocycles. The van der Waals surface area contributed by atoms with Crippen LogP contribution in [0.15, 0.2) is 18.2 Å². The Hall–Kier alpha value is -0.980. The molecule has 0 aliphatic rings. The molecule has 0 spiro atoms. The zero-order chi connectivity index (χ0) is 13.2. The van der Waals surface area contributed by atoms with Gasteiger partial charge >= 0.3 is 0 Å². The molecule has 0 fully saturated rings. The highest BCUT2D eigenvalue weighted by atomic mass is 16.5. The quantitative estimate of drug-likeness (QED) is 0.548. The van der Waals surface area contributed by atoms with Crippen LogP contribution in [0.25, 0.3) is 0 Å². The second-order valence-corrected chi connectivity index (χ2v) is 5.05. The molecule has 0 atom stereocenters. The number of methoxy groups -OCH3 is 1. The maximum absolute atomic E-state index is 5.34. The third kappa shape index (κ3) is 5.12. The minimum absolute atomic E-state index is 1.00. The Morgan fingerprint density at radius 2 is 1.44 bits per heavy atom. The van der Waals surface area contributed by atoms with Crippen LogP contribution in [0.2, 0.25) is 0 Å². The molecule has 0 unspecified atom stereocenters. The maximum Gasteiger partial charge on any atom is 0.119 e. The lowest BCUT2D eigenvalue weighted by Crippen LogP contribution is -1.97. The molecule has 0 radical (unpaired) electrons. The summed E-state index contributed by atoms with van der Waals surface area (Å²) in [5.41, 5.74) is 3.03. The highest BCUT2D eigenvalue weighted by Crippen LogP contribution is 2.21. The lowest BCUT2D eigenvalue weighted by molar-refractivity contribution is 0.414. The predicted molar refractivity (Wildman–Crippen MR) is 79.5 cm³/mol. The van der Waals surface area contributed by atoms with Gasteiger partial charge in [0.25, 0.3) is 0 Å². The van der Waals surface area contributed by atoms with E-state index in [1.54, 1.807) is 7.11 Å². The molecule has 1 aromatic rings. The number of rotatable bonds is 9. The molecule has 18 heavy (non-hydrogen) atoms. The number of aryl methyl sites for hydroxylation is 2. The summed E-state index contributed by atoms with van der Waals surface area (Å²) >= 11 is 0. The van der Waals surface area contributed by atoms with Crippen molar-refractivity contribution in [3.05, 3.63) is 29.3 Å². The molecule has 0 aliphatic carbocycles. The van der Waals surface area contributed by atoms with Crippen molar-refractivity contribution in [1.82, 2.24) is 0 Å². The first-order valence-corrected chi connectivity index (χ1v) is 7.47. The van der Waals surface area contributed by atoms with Crippen LogP contribution in [-0.2, 0) is 12.8 Å². The fourth-order valence-corrected chi connectivity index (χ4v) is 2.34. The van der Waals surface area contributed by atoms with Crippen LogP contribution < -0.4 is 4.74 Å². The number of unbranched alkanes of at least 4 members (excludes halogenated alkanes) is 4. The Kier molecular flexibility index (Phi) is 7.55. The molecule has 1 heteroatoms. The average molecular weight is 248 g/mol. The first-order valence-electron chi connectivity index (χ1n) is 7.47. The van der Waals surface area contributed by atoms with Gasteiger partial charge in [-0.05, 0) is 48.9 Å². The summed E-state index contributed by atoms with van der Waals surface area (Å²) in [6.45, 7) is 4.52. The van der Waals surface area contributed by atoms with Gasteiger partial charge in [-0.1, -0.05) is 45.6 Å². The molecule has 0 amide bonds. The number of hydrogen-bond acceptors (Lipinski definition) is 1. The molecule has 0 aliphatic heterocycles. The van der Waals surface area contributed by atoms with Crippen LogP contribution in [-0.4, -0.2) is 7.11 Å². The van der Waals surface area contributed by atoms with Crippen molar-refractivity contribution < 1.29 is 4.74 Å². The number of hydrogen-bond donors (Lipinski definition) is 0. The van der Waals surface area contributed by atoms with E-state index < -0.39 is 0 Å². The summed E-state index contributed by atoms with van der Waals surface area (Å²) in [4.78, 5) is 0. The highest BCUT2D eigenvalue weighted by molar-refractivity contribution is 5.36. The largest absolute Gasteiger partial charge is 0.497 e. The lowest BCUT2D eigenvalue weighted by Gasteiger charge is -2.11. The molecule has 0 bridgehead atoms. The van der Waals surface area contributed by atoms with Gasteiger partial charge < -0.3 is 4.74 Å². The number of benzene rings is 1. The molecule has 102 valence electrons. The van der Waals surface area contributed by atoms with Crippen molar-refractivity contribution in [2.45, 2.75) is 65.2 Å². The van der Waals surface area contributed by atoms with E-state index in [4.69, 9.17) is 4.74 Å². The van der Waals surface area contributed by atoms with Crippen LogP contribution in [0.5, 0.6) is 5.75 Å². The van der Waals surface area contributed by atoms with Crippen LogP contribution in [0.3, 0.4) is 0 Å². The first-order chi connectivity index (χ1) is 8.81. The van der Waals surface area contributed by atoms with Crippen molar-refractivity contribution in [3.8, 4) is 5.75 Å². The van der Waals surface area contributed by atoms with Gasteiger partial charge in [-0.2, -0.15) is 0 Å². The maximum atomic E-state index is 5.34. The van der Waals surface area contributed by atoms with Crippen molar-refractivity contribution in [1.29, 1.82) is 0 Å². The highest BCUT2D eigenvalue weighted by Gasteiger charge is 2.04. The van der Waals surface area contributed by atoms with Gasteiger partial charge in [-0.25, -0.2) is 0 Å². The molecule has 1 rings (SSSR count). The van der Waals surface area contributed by atoms with Crippen molar-refractivity contribution in [2.24, 2.45) is 0 Å². The normalized spacial score (nSPS) is 10.6. The average Bonchev–Trinajstić information content (AvgIpc) is 2.40. The second-order valence-electron chi connectivity index (χ2n) is 5.05. The summed E-state index contributed by atoms with van der Waals surface area (Å²) in [6.07, 6.45) is 10.3. The Balaban J connectivity index is 2.66. The van der Waals surface area contributed by atoms with Gasteiger partial charge in [-0.3, -0.25) is 0 Å². The van der Waals surface area contributed by atoms with E-state index in [-0.39, 0.29) is 0 Å². The Morgan fingerprint density at radius 1 is 0.833 bits per heavy atom. The van der Waals surface area contributed by atoms with Crippen molar-refractivity contribution in [3.63, 3.8) is 0 Å². The first kappa shape index (κ1) is 15.1. The summed E-state index contributed by atoms with van der Waals surface area (Å²) in [6, 6.07) is 6.59. The molecule has 1 aromatic carbocycles. The van der Waals surface area contributed by atoms with E-state index in [0.29, 0.717) is 0 Å². The van der Waals surface area contributed by atoms with E-state index in [2.05, 4.69) is 32.0 Å². The minimum Gasteiger partial charge on any atom is -0.497 e. The van der Waals surface area contributed by atoms with Gasteiger partial charge in [0, 0.05) is 0 Å². The fraction of sp³-hybridized carbons (Fsp3) is 0.647. The van der Waals surface area contributed by atoms with Crippen LogP contribution in [0.1, 0.15) is 63.5 Å². The molecular formula is C17H28O. The van der Waals surface area contributed by atoms with E-state index in [1.165, 1.54) is 62.5 Å². The predicted octanol–water partition coefficient (Wildman–Crippen LogP) is 5.16. The zero-order valence-electron chi connectivity index (χ0n) is 12.3. The summed E-state index contributed by atoms with van der Waals surface area (Å²) in [5, 5.41) is 0. The van der Waals surface area contributed by atoms with Crippen LogP contribution in [0, 0.1) is 0 Å². The second kappa shape index (κ2) is 9.02. The van der Waals surface area contributed by atoms with Gasteiger partial charge in [0.2, 0.25) is 0 Å². The van der Waals surface area contributed by atoms with Crippen molar-refractivity contribution in [2.75, 3.05) is 7.11 Å². The molecule has 0 heterocycles. The van der Waals surface area contributed by atoms with Gasteiger partial charge in [0.1, 0.15) is 5.75 Å². The standard InChI is InChI=1S/C17H28O/c1-4-6-8-10-15-12-13-17(18-3)14-16(15)11-9-7-5-2/h12-14H,4-11H2,1-3H3. The topological polar surface area (TPSA) is 9.23 Å². The van der Waals surface area contributed by atoms with E-state index in [1.807, 2.05) is 0 Å². The molecule has 1 nitrogen and oxygen atoms in total. The van der Waals surface area contributed by atoms with E-state index in [0.717, 1.165) is 5.75 Å². The molecule has 0 saturated heterocycles. The minimum atomic E-state index is 1.00. The summed E-state index contributed by atoms with van der Waals surface area (Å²) in [7, 11) is 1.75. The van der Waals surface area contributed by atoms with Gasteiger partial charge in [-0.15, -0.1) is 0 Å². The van der Waals surface area contributed by atoms with Crippen LogP contribution >= 0.6 is 0 Å². The smallest absolute Gasteiger partial charge is 0.119 e. The summed E-state index contributed by atoms with van der Waals surface area (Å²) in [5.74, 6) is 1.00. The fourth-order valence-electron chi connectivity index (χ4n) is 2.34. The van der Waals surface area contributed by atoms with Gasteiger partial charge in [0.05, 0.1) is 7.11 Å². The molecule has 0 saturated carbocycles. The van der Waals surface area contributed by atoms with E-state index >= 15 is 0 Å². The molecule has 0 N–H and O–H groups in total. The number of ether oxygens (including phenoxy) is 1. The van der Waals surface area contributed by atoms with Crippen LogP contribution in [0.4, 0.5) is 0 Å². The SMILES string of the molecule is CCCCCc1ccc(OC)cc1CCCCC. The zero-order valence-corrected chi connectivity index (χ0v) is 12.3. The summed E-state index contributed by atoms with van der Waals surface area (Å²) < 4.78 is 5.34. The molecular weight excluding hydrogens is 220 g/mol. The van der Waals surface area contributed by atoms with Gasteiger partial charge in [0.15, 0.2) is 0 Å². The van der Waals surface area contributed by atoms with E-state index in [9.17, 15) is 0 Å². The third-order valence-electron chi connectivity index (χ3n) is 3.51. The Morgan fingerprint density at radius 3 is 2.00 bits per heavy atom. The Labute approximate surface area is 113 Å².